The molecule has 0 fully saturated rings. The number of phenols is 1. The van der Waals surface area contributed by atoms with Crippen molar-refractivity contribution in [3.63, 3.8) is 0 Å². The predicted molar refractivity (Wildman–Crippen MR) is 139 cm³/mol. The summed E-state index contributed by atoms with van der Waals surface area (Å²) in [6.07, 6.45) is -0.246. The van der Waals surface area contributed by atoms with Gasteiger partial charge in [-0.15, -0.1) is 0 Å². The molecule has 0 amide bonds. The maximum Gasteiger partial charge on any atom is 0.206 e. The van der Waals surface area contributed by atoms with Crippen LogP contribution in [0.2, 0.25) is 0 Å². The van der Waals surface area contributed by atoms with E-state index in [2.05, 4.69) is 10.6 Å². The highest BCUT2D eigenvalue weighted by molar-refractivity contribution is 7.91. The summed E-state index contributed by atoms with van der Waals surface area (Å²) in [4.78, 5) is 0.476. The topological polar surface area (TPSA) is 119 Å². The van der Waals surface area contributed by atoms with Crippen LogP contribution in [0.4, 0.5) is 11.4 Å². The fourth-order valence-electron chi connectivity index (χ4n) is 3.77. The number of rotatable bonds is 10. The Morgan fingerprint density at radius 3 is 2.22 bits per heavy atom. The predicted octanol–water partition coefficient (Wildman–Crippen LogP) is 4.28. The Balaban J connectivity index is 1.34. The lowest BCUT2D eigenvalue weighted by Gasteiger charge is -2.15. The Labute approximate surface area is 210 Å². The van der Waals surface area contributed by atoms with E-state index in [0.717, 1.165) is 11.3 Å². The Bertz CT molecular complexity index is 1410. The molecule has 0 aromatic heterocycles. The Morgan fingerprint density at radius 2 is 1.50 bits per heavy atom. The van der Waals surface area contributed by atoms with E-state index < -0.39 is 16.1 Å². The summed E-state index contributed by atoms with van der Waals surface area (Å²) >= 11 is 0. The van der Waals surface area contributed by atoms with Gasteiger partial charge in [-0.05, 0) is 72.1 Å². The van der Waals surface area contributed by atoms with Gasteiger partial charge in [0, 0.05) is 23.5 Å². The lowest BCUT2D eigenvalue weighted by atomic mass is 10.1. The van der Waals surface area contributed by atoms with E-state index in [1.54, 1.807) is 60.7 Å². The van der Waals surface area contributed by atoms with Crippen LogP contribution in [0.15, 0.2) is 107 Å². The average Bonchev–Trinajstić information content (AvgIpc) is 2.90. The fourth-order valence-corrected chi connectivity index (χ4v) is 5.10. The van der Waals surface area contributed by atoms with Gasteiger partial charge in [-0.25, -0.2) is 8.42 Å². The van der Waals surface area contributed by atoms with E-state index in [1.807, 2.05) is 30.3 Å². The molecule has 0 bridgehead atoms. The summed E-state index contributed by atoms with van der Waals surface area (Å²) in [5.74, 6) is -0.00769. The Hall–Kier alpha value is -3.69. The summed E-state index contributed by atoms with van der Waals surface area (Å²) in [6, 6.07) is 27.4. The number of benzene rings is 4. The van der Waals surface area contributed by atoms with Gasteiger partial charge in [0.1, 0.15) is 12.0 Å². The van der Waals surface area contributed by atoms with Crippen molar-refractivity contribution in [1.82, 2.24) is 5.32 Å². The van der Waals surface area contributed by atoms with Crippen molar-refractivity contribution < 1.29 is 23.7 Å². The van der Waals surface area contributed by atoms with Crippen molar-refractivity contribution in [3.8, 4) is 5.75 Å². The van der Waals surface area contributed by atoms with Gasteiger partial charge in [-0.1, -0.05) is 42.5 Å². The van der Waals surface area contributed by atoms with Gasteiger partial charge in [0.2, 0.25) is 9.84 Å². The first kappa shape index (κ1) is 25.4. The molecule has 0 spiro atoms. The Kier molecular flexibility index (Phi) is 8.02. The molecular formula is C28H28N2O5S. The van der Waals surface area contributed by atoms with Crippen molar-refractivity contribution in [1.29, 1.82) is 0 Å². The zero-order chi connectivity index (χ0) is 25.5. The third-order valence-electron chi connectivity index (χ3n) is 5.78. The third kappa shape index (κ3) is 6.10. The molecule has 4 rings (SSSR count). The second-order valence-electron chi connectivity index (χ2n) is 8.32. The maximum absolute atomic E-state index is 12.9. The van der Waals surface area contributed by atoms with E-state index in [9.17, 15) is 23.7 Å². The first-order chi connectivity index (χ1) is 17.4. The van der Waals surface area contributed by atoms with Crippen molar-refractivity contribution in [2.45, 2.75) is 29.0 Å². The zero-order valence-corrected chi connectivity index (χ0v) is 20.3. The quantitative estimate of drug-likeness (QED) is 0.205. The Morgan fingerprint density at radius 1 is 0.778 bits per heavy atom. The maximum atomic E-state index is 12.9. The summed E-state index contributed by atoms with van der Waals surface area (Å²) in [7, 11) is -3.60. The van der Waals surface area contributed by atoms with Gasteiger partial charge in [-0.3, -0.25) is 5.32 Å². The number of aromatic hydroxyl groups is 1. The van der Waals surface area contributed by atoms with E-state index in [1.165, 1.54) is 6.07 Å². The lowest BCUT2D eigenvalue weighted by Crippen LogP contribution is -2.23. The van der Waals surface area contributed by atoms with Crippen LogP contribution in [0.3, 0.4) is 0 Å². The average molecular weight is 505 g/mol. The molecule has 0 radical (unpaired) electrons. The van der Waals surface area contributed by atoms with E-state index >= 15 is 0 Å². The number of anilines is 2. The van der Waals surface area contributed by atoms with Gasteiger partial charge >= 0.3 is 0 Å². The zero-order valence-electron chi connectivity index (χ0n) is 19.5. The molecule has 0 saturated carbocycles. The SMILES string of the molecule is O=S(=O)(c1ccccc1)c1cccc(Nc2ccc(CCNC(O)c3ccc(O)c(CO)c3)cc2)c1. The van der Waals surface area contributed by atoms with Gasteiger partial charge < -0.3 is 20.6 Å². The highest BCUT2D eigenvalue weighted by atomic mass is 32.2. The molecule has 186 valence electrons. The molecule has 1 atom stereocenters. The van der Waals surface area contributed by atoms with Crippen molar-refractivity contribution >= 4 is 21.2 Å². The molecule has 36 heavy (non-hydrogen) atoms. The molecule has 0 heterocycles. The summed E-state index contributed by atoms with van der Waals surface area (Å²) in [6.45, 7) is 0.211. The van der Waals surface area contributed by atoms with Crippen LogP contribution in [0.1, 0.15) is 22.9 Å². The molecule has 1 unspecified atom stereocenters. The van der Waals surface area contributed by atoms with Gasteiger partial charge in [0.25, 0.3) is 0 Å². The monoisotopic (exact) mass is 504 g/mol. The third-order valence-corrected chi connectivity index (χ3v) is 7.55. The molecule has 5 N–H and O–H groups in total. The molecule has 0 aliphatic heterocycles. The minimum atomic E-state index is -3.60. The van der Waals surface area contributed by atoms with Crippen molar-refractivity contribution in [2.75, 3.05) is 11.9 Å². The fraction of sp³-hybridized carbons (Fsp3) is 0.143. The smallest absolute Gasteiger partial charge is 0.206 e. The second-order valence-corrected chi connectivity index (χ2v) is 10.3. The van der Waals surface area contributed by atoms with Crippen LogP contribution < -0.4 is 10.6 Å². The minimum Gasteiger partial charge on any atom is -0.508 e. The van der Waals surface area contributed by atoms with Gasteiger partial charge in [0.15, 0.2) is 0 Å². The summed E-state index contributed by atoms with van der Waals surface area (Å²) < 4.78 is 25.8. The largest absolute Gasteiger partial charge is 0.508 e. The van der Waals surface area contributed by atoms with Crippen LogP contribution in [-0.2, 0) is 22.9 Å². The molecule has 0 saturated heterocycles. The first-order valence-electron chi connectivity index (χ1n) is 11.5. The summed E-state index contributed by atoms with van der Waals surface area (Å²) in [5, 5.41) is 35.5. The van der Waals surface area contributed by atoms with Gasteiger partial charge in [-0.2, -0.15) is 0 Å². The van der Waals surface area contributed by atoms with E-state index in [4.69, 9.17) is 0 Å². The number of hydrogen-bond donors (Lipinski definition) is 5. The lowest BCUT2D eigenvalue weighted by molar-refractivity contribution is 0.139. The number of nitrogens with one attached hydrogen (secondary N) is 2. The molecule has 7 nitrogen and oxygen atoms in total. The van der Waals surface area contributed by atoms with E-state index in [0.29, 0.717) is 29.8 Å². The minimum absolute atomic E-state index is 0.00769. The molecule has 0 aliphatic rings. The van der Waals surface area contributed by atoms with Crippen LogP contribution in [0.5, 0.6) is 5.75 Å². The van der Waals surface area contributed by atoms with Crippen LogP contribution in [-0.4, -0.2) is 30.3 Å². The number of sulfone groups is 1. The van der Waals surface area contributed by atoms with Crippen LogP contribution in [0, 0.1) is 0 Å². The van der Waals surface area contributed by atoms with Crippen molar-refractivity contribution in [3.05, 3.63) is 114 Å². The molecular weight excluding hydrogens is 476 g/mol. The molecule has 4 aromatic rings. The normalized spacial score (nSPS) is 12.3. The molecule has 8 heteroatoms. The molecule has 4 aromatic carbocycles. The van der Waals surface area contributed by atoms with Gasteiger partial charge in [0.05, 0.1) is 16.4 Å². The standard InChI is InChI=1S/C28H28N2O5S/c31-19-22-17-21(11-14-27(22)32)28(33)29-16-15-20-9-12-23(13-10-20)30-24-5-4-8-26(18-24)36(34,35)25-6-2-1-3-7-25/h1-14,17-18,28-33H,15-16,19H2. The van der Waals surface area contributed by atoms with Crippen LogP contribution >= 0.6 is 0 Å². The van der Waals surface area contributed by atoms with Crippen LogP contribution in [0.25, 0.3) is 0 Å². The van der Waals surface area contributed by atoms with E-state index in [-0.39, 0.29) is 22.1 Å². The van der Waals surface area contributed by atoms with Crippen molar-refractivity contribution in [2.24, 2.45) is 0 Å². The number of aliphatic hydroxyl groups excluding tert-OH is 2. The molecule has 0 aliphatic carbocycles. The summed E-state index contributed by atoms with van der Waals surface area (Å²) in [5.41, 5.74) is 3.47. The highest BCUT2D eigenvalue weighted by Gasteiger charge is 2.17. The number of aliphatic hydroxyl groups is 2. The number of hydrogen-bond acceptors (Lipinski definition) is 7. The first-order valence-corrected chi connectivity index (χ1v) is 13.0. The second kappa shape index (κ2) is 11.4. The highest BCUT2D eigenvalue weighted by Crippen LogP contribution is 2.25.